The van der Waals surface area contributed by atoms with E-state index in [2.05, 4.69) is 6.07 Å². The van der Waals surface area contributed by atoms with Gasteiger partial charge in [-0.1, -0.05) is 42.5 Å². The van der Waals surface area contributed by atoms with Crippen molar-refractivity contribution in [2.45, 2.75) is 19.0 Å². The van der Waals surface area contributed by atoms with E-state index in [9.17, 15) is 14.8 Å². The molecule has 2 rings (SSSR count). The Hall–Kier alpha value is -2.22. The summed E-state index contributed by atoms with van der Waals surface area (Å²) in [5.41, 5.74) is 1.79. The summed E-state index contributed by atoms with van der Waals surface area (Å²) in [6.07, 6.45) is 0. The van der Waals surface area contributed by atoms with E-state index in [1.807, 2.05) is 42.2 Å². The molecule has 22 heavy (non-hydrogen) atoms. The van der Waals surface area contributed by atoms with Gasteiger partial charge in [-0.05, 0) is 30.2 Å². The van der Waals surface area contributed by atoms with Crippen molar-refractivity contribution in [2.75, 3.05) is 13.2 Å². The smallest absolute Gasteiger partial charge is 0.124 e. The number of rotatable bonds is 6. The SMILES string of the molecule is CC(c1ccccc1)N(CCO)C(C#N)c1ccc(F)cc1. The topological polar surface area (TPSA) is 47.3 Å². The normalized spacial score (nSPS) is 13.6. The van der Waals surface area contributed by atoms with Crippen molar-refractivity contribution in [1.82, 2.24) is 4.90 Å². The summed E-state index contributed by atoms with van der Waals surface area (Å²) in [7, 11) is 0. The Bertz CT molecular complexity index is 622. The van der Waals surface area contributed by atoms with E-state index in [-0.39, 0.29) is 18.5 Å². The molecule has 0 heterocycles. The molecule has 2 atom stereocenters. The summed E-state index contributed by atoms with van der Waals surface area (Å²) in [6.45, 7) is 2.32. The molecular formula is C18H19FN2O. The fourth-order valence-corrected chi connectivity index (χ4v) is 2.57. The average Bonchev–Trinajstić information content (AvgIpc) is 2.56. The Kier molecular flexibility index (Phi) is 5.65. The van der Waals surface area contributed by atoms with Crippen LogP contribution in [0.2, 0.25) is 0 Å². The highest BCUT2D eigenvalue weighted by Crippen LogP contribution is 2.29. The predicted octanol–water partition coefficient (Wildman–Crippen LogP) is 3.45. The molecule has 0 aliphatic rings. The lowest BCUT2D eigenvalue weighted by Gasteiger charge is -2.33. The molecule has 0 saturated carbocycles. The summed E-state index contributed by atoms with van der Waals surface area (Å²) in [5.74, 6) is -0.328. The monoisotopic (exact) mass is 298 g/mol. The molecule has 3 nitrogen and oxygen atoms in total. The fourth-order valence-electron chi connectivity index (χ4n) is 2.57. The van der Waals surface area contributed by atoms with Gasteiger partial charge in [0.1, 0.15) is 11.9 Å². The number of hydrogen-bond acceptors (Lipinski definition) is 3. The van der Waals surface area contributed by atoms with Gasteiger partial charge in [-0.15, -0.1) is 0 Å². The quantitative estimate of drug-likeness (QED) is 0.888. The Morgan fingerprint density at radius 2 is 1.73 bits per heavy atom. The highest BCUT2D eigenvalue weighted by molar-refractivity contribution is 5.27. The van der Waals surface area contributed by atoms with Crippen LogP contribution in [0, 0.1) is 17.1 Å². The number of aliphatic hydroxyl groups is 1. The van der Waals surface area contributed by atoms with Crippen molar-refractivity contribution >= 4 is 0 Å². The lowest BCUT2D eigenvalue weighted by atomic mass is 10.0. The van der Waals surface area contributed by atoms with Crippen LogP contribution in [0.5, 0.6) is 0 Å². The summed E-state index contributed by atoms with van der Waals surface area (Å²) < 4.78 is 13.1. The molecule has 0 aliphatic heterocycles. The fraction of sp³-hybridized carbons (Fsp3) is 0.278. The second-order valence-corrected chi connectivity index (χ2v) is 5.13. The molecule has 114 valence electrons. The molecule has 0 aliphatic carbocycles. The average molecular weight is 298 g/mol. The first kappa shape index (κ1) is 16.2. The molecule has 0 radical (unpaired) electrons. The number of nitrogens with zero attached hydrogens (tertiary/aromatic N) is 2. The van der Waals surface area contributed by atoms with Crippen LogP contribution in [0.25, 0.3) is 0 Å². The third-order valence-corrected chi connectivity index (χ3v) is 3.78. The van der Waals surface area contributed by atoms with Gasteiger partial charge in [-0.25, -0.2) is 4.39 Å². The van der Waals surface area contributed by atoms with Gasteiger partial charge in [0.15, 0.2) is 0 Å². The predicted molar refractivity (Wildman–Crippen MR) is 83.4 cm³/mol. The molecule has 0 aromatic heterocycles. The minimum absolute atomic E-state index is 0.0388. The second-order valence-electron chi connectivity index (χ2n) is 5.13. The van der Waals surface area contributed by atoms with Crippen LogP contribution in [0.3, 0.4) is 0 Å². The molecule has 2 aromatic rings. The zero-order chi connectivity index (χ0) is 15.9. The highest BCUT2D eigenvalue weighted by Gasteiger charge is 2.25. The molecular weight excluding hydrogens is 279 g/mol. The van der Waals surface area contributed by atoms with E-state index in [1.165, 1.54) is 12.1 Å². The van der Waals surface area contributed by atoms with Crippen molar-refractivity contribution < 1.29 is 9.50 Å². The van der Waals surface area contributed by atoms with Crippen molar-refractivity contribution in [3.63, 3.8) is 0 Å². The molecule has 2 unspecified atom stereocenters. The van der Waals surface area contributed by atoms with Gasteiger partial charge in [0.25, 0.3) is 0 Å². The zero-order valence-electron chi connectivity index (χ0n) is 12.5. The third-order valence-electron chi connectivity index (χ3n) is 3.78. The summed E-state index contributed by atoms with van der Waals surface area (Å²) in [5, 5.41) is 18.9. The van der Waals surface area contributed by atoms with Crippen LogP contribution in [0.4, 0.5) is 4.39 Å². The van der Waals surface area contributed by atoms with Gasteiger partial charge < -0.3 is 5.11 Å². The maximum Gasteiger partial charge on any atom is 0.124 e. The molecule has 0 spiro atoms. The number of benzene rings is 2. The maximum atomic E-state index is 13.1. The Labute approximate surface area is 130 Å². The first-order chi connectivity index (χ1) is 10.7. The molecule has 1 N–H and O–H groups in total. The van der Waals surface area contributed by atoms with E-state index >= 15 is 0 Å². The molecule has 0 fully saturated rings. The molecule has 4 heteroatoms. The second kappa shape index (κ2) is 7.69. The number of halogens is 1. The first-order valence-corrected chi connectivity index (χ1v) is 7.24. The summed E-state index contributed by atoms with van der Waals surface area (Å²) >= 11 is 0. The van der Waals surface area contributed by atoms with Crippen LogP contribution >= 0.6 is 0 Å². The van der Waals surface area contributed by atoms with Gasteiger partial charge in [0.05, 0.1) is 12.7 Å². The van der Waals surface area contributed by atoms with Crippen LogP contribution in [0.15, 0.2) is 54.6 Å². The van der Waals surface area contributed by atoms with Gasteiger partial charge in [-0.3, -0.25) is 4.90 Å². The van der Waals surface area contributed by atoms with E-state index in [0.29, 0.717) is 6.54 Å². The molecule has 0 saturated heterocycles. The minimum Gasteiger partial charge on any atom is -0.395 e. The maximum absolute atomic E-state index is 13.1. The van der Waals surface area contributed by atoms with Gasteiger partial charge in [0.2, 0.25) is 0 Å². The minimum atomic E-state index is -0.539. The highest BCUT2D eigenvalue weighted by atomic mass is 19.1. The van der Waals surface area contributed by atoms with Crippen LogP contribution < -0.4 is 0 Å². The van der Waals surface area contributed by atoms with Crippen molar-refractivity contribution in [3.8, 4) is 6.07 Å². The van der Waals surface area contributed by atoms with Crippen molar-refractivity contribution in [1.29, 1.82) is 5.26 Å². The Balaban J connectivity index is 2.32. The first-order valence-electron chi connectivity index (χ1n) is 7.24. The van der Waals surface area contributed by atoms with E-state index in [4.69, 9.17) is 0 Å². The van der Waals surface area contributed by atoms with E-state index in [0.717, 1.165) is 11.1 Å². The van der Waals surface area contributed by atoms with Crippen molar-refractivity contribution in [2.24, 2.45) is 0 Å². The third kappa shape index (κ3) is 3.70. The number of nitriles is 1. The lowest BCUT2D eigenvalue weighted by molar-refractivity contribution is 0.134. The summed E-state index contributed by atoms with van der Waals surface area (Å²) in [4.78, 5) is 1.92. The van der Waals surface area contributed by atoms with Gasteiger partial charge >= 0.3 is 0 Å². The van der Waals surface area contributed by atoms with E-state index < -0.39 is 6.04 Å². The number of hydrogen-bond donors (Lipinski definition) is 1. The standard InChI is InChI=1S/C18H19FN2O/c1-14(15-5-3-2-4-6-15)21(11-12-22)18(13-20)16-7-9-17(19)10-8-16/h2-10,14,18,22H,11-12H2,1H3. The van der Waals surface area contributed by atoms with Crippen LogP contribution in [-0.2, 0) is 0 Å². The lowest BCUT2D eigenvalue weighted by Crippen LogP contribution is -2.33. The summed E-state index contributed by atoms with van der Waals surface area (Å²) in [6, 6.07) is 17.4. The molecule has 0 amide bonds. The Morgan fingerprint density at radius 3 is 2.27 bits per heavy atom. The Morgan fingerprint density at radius 1 is 1.09 bits per heavy atom. The molecule has 2 aromatic carbocycles. The van der Waals surface area contributed by atoms with Gasteiger partial charge in [-0.2, -0.15) is 5.26 Å². The molecule has 0 bridgehead atoms. The number of aliphatic hydroxyl groups excluding tert-OH is 1. The van der Waals surface area contributed by atoms with E-state index in [1.54, 1.807) is 12.1 Å². The van der Waals surface area contributed by atoms with Crippen LogP contribution in [-0.4, -0.2) is 23.2 Å². The van der Waals surface area contributed by atoms with Crippen LogP contribution in [0.1, 0.15) is 30.1 Å². The van der Waals surface area contributed by atoms with Gasteiger partial charge in [0, 0.05) is 12.6 Å². The largest absolute Gasteiger partial charge is 0.395 e. The zero-order valence-corrected chi connectivity index (χ0v) is 12.5. The van der Waals surface area contributed by atoms with Crippen molar-refractivity contribution in [3.05, 3.63) is 71.5 Å².